The van der Waals surface area contributed by atoms with Crippen LogP contribution in [0.3, 0.4) is 0 Å². The monoisotopic (exact) mass is 230 g/mol. The number of hydrogen-bond acceptors (Lipinski definition) is 1. The van der Waals surface area contributed by atoms with Gasteiger partial charge in [0.15, 0.2) is 0 Å². The highest BCUT2D eigenvalue weighted by atomic mass is 79.9. The topological polar surface area (TPSA) is 0 Å². The van der Waals surface area contributed by atoms with Gasteiger partial charge in [0.2, 0.25) is 0 Å². The van der Waals surface area contributed by atoms with Crippen molar-refractivity contribution in [2.24, 2.45) is 0 Å². The SMILES string of the molecule is BrCc1cc2c(s1)CCCC2. The van der Waals surface area contributed by atoms with Gasteiger partial charge in [-0.25, -0.2) is 0 Å². The molecule has 0 spiro atoms. The van der Waals surface area contributed by atoms with Crippen LogP contribution in [0, 0.1) is 0 Å². The van der Waals surface area contributed by atoms with Crippen molar-refractivity contribution in [3.05, 3.63) is 21.4 Å². The Morgan fingerprint density at radius 1 is 1.36 bits per heavy atom. The van der Waals surface area contributed by atoms with Crippen LogP contribution in [0.15, 0.2) is 6.07 Å². The lowest BCUT2D eigenvalue weighted by Gasteiger charge is -2.08. The highest BCUT2D eigenvalue weighted by molar-refractivity contribution is 9.08. The number of halogens is 1. The lowest BCUT2D eigenvalue weighted by atomic mass is 9.99. The molecule has 0 aromatic carbocycles. The van der Waals surface area contributed by atoms with Gasteiger partial charge in [-0.3, -0.25) is 0 Å². The summed E-state index contributed by atoms with van der Waals surface area (Å²) in [6.45, 7) is 0. The molecular formula is C9H11BrS. The van der Waals surface area contributed by atoms with Gasteiger partial charge in [-0.2, -0.15) is 0 Å². The normalized spacial score (nSPS) is 16.5. The second-order valence-electron chi connectivity index (χ2n) is 3.00. The molecule has 11 heavy (non-hydrogen) atoms. The van der Waals surface area contributed by atoms with Crippen LogP contribution in [-0.2, 0) is 18.2 Å². The standard InChI is InChI=1S/C9H11BrS/c10-6-8-5-7-3-1-2-4-9(7)11-8/h5H,1-4,6H2. The summed E-state index contributed by atoms with van der Waals surface area (Å²) >= 11 is 5.48. The van der Waals surface area contributed by atoms with Crippen molar-refractivity contribution in [3.63, 3.8) is 0 Å². The number of hydrogen-bond donors (Lipinski definition) is 0. The van der Waals surface area contributed by atoms with E-state index in [1.54, 1.807) is 10.4 Å². The summed E-state index contributed by atoms with van der Waals surface area (Å²) in [5.74, 6) is 0. The van der Waals surface area contributed by atoms with E-state index in [2.05, 4.69) is 22.0 Å². The van der Waals surface area contributed by atoms with E-state index in [-0.39, 0.29) is 0 Å². The zero-order valence-electron chi connectivity index (χ0n) is 6.40. The average molecular weight is 231 g/mol. The number of thiophene rings is 1. The predicted octanol–water partition coefficient (Wildman–Crippen LogP) is 3.52. The maximum absolute atomic E-state index is 3.49. The van der Waals surface area contributed by atoms with Crippen molar-refractivity contribution >= 4 is 27.3 Å². The largest absolute Gasteiger partial charge is 0.144 e. The van der Waals surface area contributed by atoms with Gasteiger partial charge >= 0.3 is 0 Å². The van der Waals surface area contributed by atoms with E-state index < -0.39 is 0 Å². The highest BCUT2D eigenvalue weighted by Crippen LogP contribution is 2.30. The lowest BCUT2D eigenvalue weighted by Crippen LogP contribution is -1.96. The fourth-order valence-corrected chi connectivity index (χ4v) is 3.23. The smallest absolute Gasteiger partial charge is 0.0377 e. The minimum atomic E-state index is 1.03. The van der Waals surface area contributed by atoms with E-state index >= 15 is 0 Å². The summed E-state index contributed by atoms with van der Waals surface area (Å²) in [6, 6.07) is 2.37. The molecule has 0 saturated carbocycles. The zero-order chi connectivity index (χ0) is 7.68. The lowest BCUT2D eigenvalue weighted by molar-refractivity contribution is 0.697. The van der Waals surface area contributed by atoms with Gasteiger partial charge in [-0.15, -0.1) is 11.3 Å². The summed E-state index contributed by atoms with van der Waals surface area (Å²) in [5.41, 5.74) is 1.62. The van der Waals surface area contributed by atoms with Crippen LogP contribution in [-0.4, -0.2) is 0 Å². The number of alkyl halides is 1. The van der Waals surface area contributed by atoms with Crippen molar-refractivity contribution in [2.45, 2.75) is 31.0 Å². The van der Waals surface area contributed by atoms with Crippen molar-refractivity contribution < 1.29 is 0 Å². The van der Waals surface area contributed by atoms with Gasteiger partial charge in [0.25, 0.3) is 0 Å². The maximum atomic E-state index is 3.49. The van der Waals surface area contributed by atoms with E-state index in [1.165, 1.54) is 30.6 Å². The van der Waals surface area contributed by atoms with Crippen molar-refractivity contribution in [2.75, 3.05) is 0 Å². The predicted molar refractivity (Wildman–Crippen MR) is 53.6 cm³/mol. The Bertz CT molecular complexity index is 229. The van der Waals surface area contributed by atoms with Gasteiger partial charge < -0.3 is 0 Å². The molecule has 2 rings (SSSR count). The molecule has 60 valence electrons. The van der Waals surface area contributed by atoms with Crippen LogP contribution in [0.1, 0.15) is 28.2 Å². The molecule has 1 aromatic heterocycles. The Morgan fingerprint density at radius 3 is 2.91 bits per heavy atom. The second kappa shape index (κ2) is 3.28. The Morgan fingerprint density at radius 2 is 2.18 bits per heavy atom. The molecule has 0 radical (unpaired) electrons. The van der Waals surface area contributed by atoms with Crippen LogP contribution >= 0.6 is 27.3 Å². The molecule has 0 aliphatic heterocycles. The highest BCUT2D eigenvalue weighted by Gasteiger charge is 2.11. The Balaban J connectivity index is 2.32. The van der Waals surface area contributed by atoms with Gasteiger partial charge in [-0.05, 0) is 37.3 Å². The first-order valence-corrected chi connectivity index (χ1v) is 6.00. The average Bonchev–Trinajstić information content (AvgIpc) is 2.46. The number of rotatable bonds is 1. The molecule has 0 amide bonds. The van der Waals surface area contributed by atoms with E-state index in [0.29, 0.717) is 0 Å². The van der Waals surface area contributed by atoms with Crippen molar-refractivity contribution in [3.8, 4) is 0 Å². The Hall–Kier alpha value is 0.180. The van der Waals surface area contributed by atoms with Crippen LogP contribution < -0.4 is 0 Å². The molecule has 0 N–H and O–H groups in total. The molecule has 1 heterocycles. The summed E-state index contributed by atoms with van der Waals surface area (Å²) in [5, 5.41) is 1.03. The van der Waals surface area contributed by atoms with Gasteiger partial charge in [0, 0.05) is 15.1 Å². The quantitative estimate of drug-likeness (QED) is 0.648. The molecule has 0 saturated heterocycles. The van der Waals surface area contributed by atoms with E-state index in [4.69, 9.17) is 0 Å². The third kappa shape index (κ3) is 1.52. The first-order chi connectivity index (χ1) is 5.40. The van der Waals surface area contributed by atoms with Gasteiger partial charge in [0.05, 0.1) is 0 Å². The minimum Gasteiger partial charge on any atom is -0.144 e. The third-order valence-electron chi connectivity index (χ3n) is 2.18. The minimum absolute atomic E-state index is 1.03. The van der Waals surface area contributed by atoms with Crippen molar-refractivity contribution in [1.82, 2.24) is 0 Å². The Kier molecular flexibility index (Phi) is 2.33. The molecule has 0 bridgehead atoms. The third-order valence-corrected chi connectivity index (χ3v) is 4.39. The maximum Gasteiger partial charge on any atom is 0.0377 e. The molecular weight excluding hydrogens is 220 g/mol. The van der Waals surface area contributed by atoms with Gasteiger partial charge in [-0.1, -0.05) is 15.9 Å². The zero-order valence-corrected chi connectivity index (χ0v) is 8.80. The molecule has 1 aromatic rings. The fraction of sp³-hybridized carbons (Fsp3) is 0.556. The van der Waals surface area contributed by atoms with Crippen LogP contribution in [0.5, 0.6) is 0 Å². The number of fused-ring (bicyclic) bond motifs is 1. The summed E-state index contributed by atoms with van der Waals surface area (Å²) in [4.78, 5) is 3.14. The second-order valence-corrected chi connectivity index (χ2v) is 4.78. The number of aryl methyl sites for hydroxylation is 2. The van der Waals surface area contributed by atoms with E-state index in [0.717, 1.165) is 5.33 Å². The molecule has 0 atom stereocenters. The van der Waals surface area contributed by atoms with Crippen LogP contribution in [0.25, 0.3) is 0 Å². The van der Waals surface area contributed by atoms with E-state index in [9.17, 15) is 0 Å². The van der Waals surface area contributed by atoms with Crippen LogP contribution in [0.2, 0.25) is 0 Å². The summed E-state index contributed by atoms with van der Waals surface area (Å²) in [7, 11) is 0. The molecule has 0 unspecified atom stereocenters. The fourth-order valence-electron chi connectivity index (χ4n) is 1.62. The van der Waals surface area contributed by atoms with E-state index in [1.807, 2.05) is 11.3 Å². The molecule has 1 aliphatic carbocycles. The van der Waals surface area contributed by atoms with Gasteiger partial charge in [0.1, 0.15) is 0 Å². The summed E-state index contributed by atoms with van der Waals surface area (Å²) in [6.07, 6.45) is 5.44. The molecule has 0 nitrogen and oxygen atoms in total. The first-order valence-electron chi connectivity index (χ1n) is 4.06. The molecule has 1 aliphatic rings. The molecule has 0 fully saturated rings. The first kappa shape index (κ1) is 7.81. The molecule has 2 heteroatoms. The Labute approximate surface area is 79.8 Å². The van der Waals surface area contributed by atoms with Crippen LogP contribution in [0.4, 0.5) is 0 Å². The summed E-state index contributed by atoms with van der Waals surface area (Å²) < 4.78 is 0. The van der Waals surface area contributed by atoms with Crippen molar-refractivity contribution in [1.29, 1.82) is 0 Å².